The van der Waals surface area contributed by atoms with Crippen LogP contribution in [-0.2, 0) is 17.9 Å². The van der Waals surface area contributed by atoms with Crippen LogP contribution in [0.1, 0.15) is 16.7 Å². The van der Waals surface area contributed by atoms with E-state index in [1.165, 1.54) is 11.1 Å². The van der Waals surface area contributed by atoms with Gasteiger partial charge in [-0.2, -0.15) is 4.98 Å². The molecule has 4 aromatic rings. The lowest BCUT2D eigenvalue weighted by Crippen LogP contribution is -2.27. The van der Waals surface area contributed by atoms with Crippen LogP contribution in [0.2, 0.25) is 5.02 Å². The number of carbonyl (C=O) groups excluding carboxylic acids is 1. The number of nitrogens with one attached hydrogen (secondary N) is 1. The maximum Gasteiger partial charge on any atom is 0.274 e. The Bertz CT molecular complexity index is 1200. The Kier molecular flexibility index (Phi) is 5.68. The third-order valence-electron chi connectivity index (χ3n) is 4.93. The van der Waals surface area contributed by atoms with Crippen LogP contribution in [0.3, 0.4) is 0 Å². The lowest BCUT2D eigenvalue weighted by atomic mass is 10.1. The summed E-state index contributed by atoms with van der Waals surface area (Å²) in [5, 5.41) is 7.59. The van der Waals surface area contributed by atoms with Gasteiger partial charge in [0.15, 0.2) is 0 Å². The highest BCUT2D eigenvalue weighted by atomic mass is 35.5. The number of hydrogen-bond donors (Lipinski definition) is 1. The summed E-state index contributed by atoms with van der Waals surface area (Å²) in [7, 11) is 0. The highest BCUT2D eigenvalue weighted by Crippen LogP contribution is 2.24. The summed E-state index contributed by atoms with van der Waals surface area (Å²) < 4.78 is 7.21. The van der Waals surface area contributed by atoms with Gasteiger partial charge >= 0.3 is 0 Å². The van der Waals surface area contributed by atoms with E-state index in [0.29, 0.717) is 29.0 Å². The van der Waals surface area contributed by atoms with E-state index in [1.54, 1.807) is 16.7 Å². The Labute approximate surface area is 179 Å². The lowest BCUT2D eigenvalue weighted by molar-refractivity contribution is -0.121. The Morgan fingerprint density at radius 2 is 1.97 bits per heavy atom. The molecule has 0 atom stereocenters. The van der Waals surface area contributed by atoms with Gasteiger partial charge in [0.2, 0.25) is 11.7 Å². The molecule has 7 heteroatoms. The van der Waals surface area contributed by atoms with Gasteiger partial charge in [-0.15, -0.1) is 0 Å². The molecule has 2 aromatic heterocycles. The van der Waals surface area contributed by atoms with Gasteiger partial charge in [0.25, 0.3) is 5.89 Å². The number of carbonyl (C=O) groups is 1. The zero-order chi connectivity index (χ0) is 21.1. The van der Waals surface area contributed by atoms with Gasteiger partial charge < -0.3 is 14.4 Å². The van der Waals surface area contributed by atoms with Crippen molar-refractivity contribution >= 4 is 17.5 Å². The molecule has 0 fully saturated rings. The summed E-state index contributed by atoms with van der Waals surface area (Å²) in [6.45, 7) is 4.77. The minimum absolute atomic E-state index is 0.0970. The second-order valence-corrected chi connectivity index (χ2v) is 7.59. The molecule has 1 N–H and O–H groups in total. The monoisotopic (exact) mass is 420 g/mol. The Morgan fingerprint density at radius 3 is 2.77 bits per heavy atom. The molecule has 2 heterocycles. The van der Waals surface area contributed by atoms with Crippen molar-refractivity contribution in [1.82, 2.24) is 20.0 Å². The minimum atomic E-state index is -0.0970. The van der Waals surface area contributed by atoms with Crippen molar-refractivity contribution in [3.63, 3.8) is 0 Å². The van der Waals surface area contributed by atoms with Gasteiger partial charge in [-0.25, -0.2) is 0 Å². The molecule has 0 radical (unpaired) electrons. The summed E-state index contributed by atoms with van der Waals surface area (Å²) in [6, 6.07) is 17.1. The fourth-order valence-electron chi connectivity index (χ4n) is 3.14. The van der Waals surface area contributed by atoms with Crippen LogP contribution in [0, 0.1) is 13.8 Å². The maximum absolute atomic E-state index is 12.5. The van der Waals surface area contributed by atoms with E-state index in [1.807, 2.05) is 36.5 Å². The topological polar surface area (TPSA) is 73.0 Å². The maximum atomic E-state index is 12.5. The molecule has 0 unspecified atom stereocenters. The molecule has 30 heavy (non-hydrogen) atoms. The second-order valence-electron chi connectivity index (χ2n) is 7.15. The average Bonchev–Trinajstić information content (AvgIpc) is 3.38. The SMILES string of the molecule is Cc1ccc(CNC(=O)Cn2cccc2-c2nc(-c3cccc(Cl)c3)no2)cc1C. The molecule has 4 rings (SSSR count). The number of amides is 1. The van der Waals surface area contributed by atoms with Crippen LogP contribution >= 0.6 is 11.6 Å². The molecule has 0 aliphatic rings. The minimum Gasteiger partial charge on any atom is -0.350 e. The second kappa shape index (κ2) is 8.55. The molecule has 0 bridgehead atoms. The van der Waals surface area contributed by atoms with Crippen LogP contribution in [0.4, 0.5) is 0 Å². The number of rotatable bonds is 6. The summed E-state index contributed by atoms with van der Waals surface area (Å²) in [5.74, 6) is 0.691. The normalized spacial score (nSPS) is 10.9. The first kappa shape index (κ1) is 19.9. The fraction of sp³-hybridized carbons (Fsp3) is 0.174. The van der Waals surface area contributed by atoms with E-state index < -0.39 is 0 Å². The van der Waals surface area contributed by atoms with Crippen molar-refractivity contribution in [2.45, 2.75) is 26.9 Å². The van der Waals surface area contributed by atoms with E-state index >= 15 is 0 Å². The molecule has 1 amide bonds. The number of aryl methyl sites for hydroxylation is 2. The van der Waals surface area contributed by atoms with Crippen molar-refractivity contribution in [1.29, 1.82) is 0 Å². The summed E-state index contributed by atoms with van der Waals surface area (Å²) in [4.78, 5) is 16.9. The first-order valence-electron chi connectivity index (χ1n) is 9.57. The van der Waals surface area contributed by atoms with Crippen molar-refractivity contribution in [2.75, 3.05) is 0 Å². The van der Waals surface area contributed by atoms with Gasteiger partial charge in [0.1, 0.15) is 12.2 Å². The molecular weight excluding hydrogens is 400 g/mol. The molecule has 0 aliphatic heterocycles. The van der Waals surface area contributed by atoms with E-state index in [-0.39, 0.29) is 12.5 Å². The largest absolute Gasteiger partial charge is 0.350 e. The summed E-state index contributed by atoms with van der Waals surface area (Å²) in [6.07, 6.45) is 1.81. The van der Waals surface area contributed by atoms with Crippen LogP contribution in [0.15, 0.2) is 65.3 Å². The fourth-order valence-corrected chi connectivity index (χ4v) is 3.33. The molecule has 152 valence electrons. The van der Waals surface area contributed by atoms with Gasteiger partial charge in [0.05, 0.1) is 0 Å². The lowest BCUT2D eigenvalue weighted by Gasteiger charge is -2.09. The number of halogens is 1. The number of hydrogen-bond acceptors (Lipinski definition) is 4. The van der Waals surface area contributed by atoms with E-state index in [0.717, 1.165) is 11.1 Å². The van der Waals surface area contributed by atoms with Gasteiger partial charge in [-0.1, -0.05) is 47.1 Å². The number of nitrogens with zero attached hydrogens (tertiary/aromatic N) is 3. The van der Waals surface area contributed by atoms with Crippen LogP contribution in [-0.4, -0.2) is 20.6 Å². The zero-order valence-corrected chi connectivity index (χ0v) is 17.5. The van der Waals surface area contributed by atoms with Crippen molar-refractivity contribution in [3.8, 4) is 23.0 Å². The Morgan fingerprint density at radius 1 is 1.10 bits per heavy atom. The van der Waals surface area contributed by atoms with Crippen LogP contribution in [0.5, 0.6) is 0 Å². The van der Waals surface area contributed by atoms with Crippen molar-refractivity contribution in [2.24, 2.45) is 0 Å². The predicted molar refractivity (Wildman–Crippen MR) is 116 cm³/mol. The number of benzene rings is 2. The van der Waals surface area contributed by atoms with Crippen LogP contribution < -0.4 is 5.32 Å². The van der Waals surface area contributed by atoms with Gasteiger partial charge in [-0.05, 0) is 54.8 Å². The summed E-state index contributed by atoms with van der Waals surface area (Å²) >= 11 is 6.04. The summed E-state index contributed by atoms with van der Waals surface area (Å²) in [5.41, 5.74) is 4.96. The first-order valence-corrected chi connectivity index (χ1v) is 9.95. The van der Waals surface area contributed by atoms with Crippen molar-refractivity contribution in [3.05, 3.63) is 82.5 Å². The molecule has 0 saturated carbocycles. The van der Waals surface area contributed by atoms with E-state index in [9.17, 15) is 4.79 Å². The molecule has 0 spiro atoms. The Hall–Kier alpha value is -3.38. The molecule has 0 aliphatic carbocycles. The van der Waals surface area contributed by atoms with Crippen molar-refractivity contribution < 1.29 is 9.32 Å². The van der Waals surface area contributed by atoms with Gasteiger partial charge in [-0.3, -0.25) is 4.79 Å². The predicted octanol–water partition coefficient (Wildman–Crippen LogP) is 4.79. The molecular formula is C23H21ClN4O2. The smallest absolute Gasteiger partial charge is 0.274 e. The third-order valence-corrected chi connectivity index (χ3v) is 5.17. The average molecular weight is 421 g/mol. The van der Waals surface area contributed by atoms with Crippen LogP contribution in [0.25, 0.3) is 23.0 Å². The van der Waals surface area contributed by atoms with E-state index in [4.69, 9.17) is 16.1 Å². The van der Waals surface area contributed by atoms with E-state index in [2.05, 4.69) is 41.4 Å². The highest BCUT2D eigenvalue weighted by molar-refractivity contribution is 6.30. The molecule has 0 saturated heterocycles. The highest BCUT2D eigenvalue weighted by Gasteiger charge is 2.15. The third kappa shape index (κ3) is 4.44. The molecule has 6 nitrogen and oxygen atoms in total. The standard InChI is InChI=1S/C23H21ClN4O2/c1-15-8-9-17(11-16(15)2)13-25-21(29)14-28-10-4-7-20(28)23-26-22(27-30-23)18-5-3-6-19(24)12-18/h3-12H,13-14H2,1-2H3,(H,25,29). The quantitative estimate of drug-likeness (QED) is 0.486. The first-order chi connectivity index (χ1) is 14.5. The Balaban J connectivity index is 1.44. The number of aromatic nitrogens is 3. The molecule has 2 aromatic carbocycles. The van der Waals surface area contributed by atoms with Gasteiger partial charge in [0, 0.05) is 23.3 Å². The zero-order valence-electron chi connectivity index (χ0n) is 16.7.